The summed E-state index contributed by atoms with van der Waals surface area (Å²) in [4.78, 5) is 11.4. The lowest BCUT2D eigenvalue weighted by atomic mass is 10.4. The average Bonchev–Trinajstić information content (AvgIpc) is 2.54. The maximum absolute atomic E-state index is 12.3. The van der Waals surface area contributed by atoms with Gasteiger partial charge < -0.3 is 5.73 Å². The Labute approximate surface area is 100 Å². The minimum atomic E-state index is -3.87. The topological polar surface area (TPSA) is 109 Å². The molecule has 0 atom stereocenters. The number of rotatable bonds is 4. The van der Waals surface area contributed by atoms with Crippen LogP contribution in [0.4, 0.5) is 0 Å². The van der Waals surface area contributed by atoms with Crippen molar-refractivity contribution >= 4 is 15.9 Å². The van der Waals surface area contributed by atoms with Gasteiger partial charge in [0.05, 0.1) is 11.4 Å². The van der Waals surface area contributed by atoms with Crippen molar-refractivity contribution < 1.29 is 13.2 Å². The molecule has 17 heavy (non-hydrogen) atoms. The summed E-state index contributed by atoms with van der Waals surface area (Å²) < 4.78 is 25.3. The molecule has 1 aromatic rings. The zero-order valence-electron chi connectivity index (χ0n) is 10.0. The van der Waals surface area contributed by atoms with Crippen LogP contribution in [-0.2, 0) is 14.8 Å². The van der Waals surface area contributed by atoms with Gasteiger partial charge in [0.15, 0.2) is 0 Å². The van der Waals surface area contributed by atoms with E-state index in [1.807, 2.05) is 0 Å². The molecule has 1 heterocycles. The van der Waals surface area contributed by atoms with Crippen LogP contribution in [0, 0.1) is 13.8 Å². The van der Waals surface area contributed by atoms with Crippen LogP contribution in [0.15, 0.2) is 4.90 Å². The molecule has 0 aliphatic heterocycles. The number of hydrogen-bond acceptors (Lipinski definition) is 5. The Morgan fingerprint density at radius 3 is 2.41 bits per heavy atom. The summed E-state index contributed by atoms with van der Waals surface area (Å²) in [5.74, 6) is -0.560. The molecular formula is C9H16N4O3S. The van der Waals surface area contributed by atoms with Crippen molar-refractivity contribution in [1.82, 2.24) is 14.5 Å². The number of carbonyl (C=O) groups is 1. The number of hydrogen-bond donors (Lipinski definition) is 2. The highest BCUT2D eigenvalue weighted by molar-refractivity contribution is 7.89. The van der Waals surface area contributed by atoms with Gasteiger partial charge in [-0.15, -0.1) is 0 Å². The Kier molecular flexibility index (Phi) is 3.89. The molecule has 1 aromatic heterocycles. The van der Waals surface area contributed by atoms with Crippen LogP contribution in [0.2, 0.25) is 0 Å². The Bertz CT molecular complexity index is 501. The fraction of sp³-hybridized carbons (Fsp3) is 0.556. The molecule has 0 aliphatic rings. The predicted octanol–water partition coefficient (Wildman–Crippen LogP) is -0.478. The fourth-order valence-corrected chi connectivity index (χ4v) is 3.35. The minimum absolute atomic E-state index is 0.0400. The molecule has 8 heteroatoms. The molecule has 0 aliphatic carbocycles. The zero-order valence-corrected chi connectivity index (χ0v) is 10.8. The van der Waals surface area contributed by atoms with E-state index in [2.05, 4.69) is 10.2 Å². The highest BCUT2D eigenvalue weighted by Crippen LogP contribution is 2.21. The largest absolute Gasteiger partial charge is 0.329 e. The lowest BCUT2D eigenvalue weighted by molar-refractivity contribution is -0.124. The van der Waals surface area contributed by atoms with Crippen LogP contribution in [0.5, 0.6) is 0 Å². The van der Waals surface area contributed by atoms with Gasteiger partial charge in [-0.25, -0.2) is 12.7 Å². The SMILES string of the molecule is CC(=O)N(CCN)S(=O)(=O)c1c(C)n[nH]c1C. The van der Waals surface area contributed by atoms with Gasteiger partial charge in [-0.3, -0.25) is 9.89 Å². The minimum Gasteiger partial charge on any atom is -0.329 e. The van der Waals surface area contributed by atoms with Gasteiger partial charge in [-0.1, -0.05) is 0 Å². The van der Waals surface area contributed by atoms with E-state index in [-0.39, 0.29) is 18.0 Å². The molecule has 96 valence electrons. The molecule has 0 spiro atoms. The Morgan fingerprint density at radius 1 is 1.47 bits per heavy atom. The molecule has 0 unspecified atom stereocenters. The highest BCUT2D eigenvalue weighted by atomic mass is 32.2. The van der Waals surface area contributed by atoms with Gasteiger partial charge in [-0.2, -0.15) is 5.10 Å². The molecule has 0 saturated carbocycles. The zero-order chi connectivity index (χ0) is 13.2. The molecule has 0 fully saturated rings. The van der Waals surface area contributed by atoms with Crippen LogP contribution < -0.4 is 5.73 Å². The van der Waals surface area contributed by atoms with Crippen LogP contribution in [-0.4, -0.2) is 41.9 Å². The van der Waals surface area contributed by atoms with Crippen molar-refractivity contribution in [3.63, 3.8) is 0 Å². The first kappa shape index (κ1) is 13.7. The smallest absolute Gasteiger partial charge is 0.270 e. The number of H-pyrrole nitrogens is 1. The van der Waals surface area contributed by atoms with Crippen molar-refractivity contribution in [2.45, 2.75) is 25.7 Å². The monoisotopic (exact) mass is 260 g/mol. The van der Waals surface area contributed by atoms with E-state index in [4.69, 9.17) is 5.73 Å². The van der Waals surface area contributed by atoms with Gasteiger partial charge >= 0.3 is 0 Å². The maximum atomic E-state index is 12.3. The Balaban J connectivity index is 3.31. The highest BCUT2D eigenvalue weighted by Gasteiger charge is 2.30. The first-order chi connectivity index (χ1) is 7.82. The van der Waals surface area contributed by atoms with E-state index < -0.39 is 15.9 Å². The number of sulfonamides is 1. The molecule has 0 saturated heterocycles. The van der Waals surface area contributed by atoms with E-state index >= 15 is 0 Å². The molecule has 0 bridgehead atoms. The Morgan fingerprint density at radius 2 is 2.06 bits per heavy atom. The first-order valence-corrected chi connectivity index (χ1v) is 6.51. The van der Waals surface area contributed by atoms with Gasteiger partial charge in [0.1, 0.15) is 4.90 Å². The fourth-order valence-electron chi connectivity index (χ4n) is 1.60. The summed E-state index contributed by atoms with van der Waals surface area (Å²) in [6.45, 7) is 4.39. The van der Waals surface area contributed by atoms with Crippen LogP contribution in [0.25, 0.3) is 0 Å². The maximum Gasteiger partial charge on any atom is 0.270 e. The summed E-state index contributed by atoms with van der Waals surface area (Å²) in [5.41, 5.74) is 6.06. The van der Waals surface area contributed by atoms with E-state index in [1.165, 1.54) is 6.92 Å². The van der Waals surface area contributed by atoms with E-state index in [1.54, 1.807) is 13.8 Å². The standard InChI is InChI=1S/C9H16N4O3S/c1-6-9(7(2)12-11-6)17(15,16)13(5-4-10)8(3)14/h4-5,10H2,1-3H3,(H,11,12). The number of aryl methyl sites for hydroxylation is 2. The number of aromatic amines is 1. The molecule has 7 nitrogen and oxygen atoms in total. The van der Waals surface area contributed by atoms with E-state index in [0.29, 0.717) is 11.4 Å². The summed E-state index contributed by atoms with van der Waals surface area (Å²) in [6.07, 6.45) is 0. The quantitative estimate of drug-likeness (QED) is 0.760. The molecule has 0 aromatic carbocycles. The second-order valence-corrected chi connectivity index (χ2v) is 5.45. The van der Waals surface area contributed by atoms with Crippen molar-refractivity contribution in [3.8, 4) is 0 Å². The van der Waals surface area contributed by atoms with Gasteiger partial charge in [0.2, 0.25) is 5.91 Å². The third-order valence-corrected chi connectivity index (χ3v) is 4.43. The van der Waals surface area contributed by atoms with Crippen LogP contribution >= 0.6 is 0 Å². The lowest BCUT2D eigenvalue weighted by Crippen LogP contribution is -2.39. The normalized spacial score (nSPS) is 11.5. The number of amides is 1. The number of nitrogens with one attached hydrogen (secondary N) is 1. The van der Waals surface area contributed by atoms with Gasteiger partial charge in [0, 0.05) is 20.0 Å². The summed E-state index contributed by atoms with van der Waals surface area (Å²) >= 11 is 0. The Hall–Kier alpha value is -1.41. The number of nitrogens with zero attached hydrogens (tertiary/aromatic N) is 2. The lowest BCUT2D eigenvalue weighted by Gasteiger charge is -2.20. The predicted molar refractivity (Wildman–Crippen MR) is 61.7 cm³/mol. The van der Waals surface area contributed by atoms with Crippen LogP contribution in [0.3, 0.4) is 0 Å². The van der Waals surface area contributed by atoms with Crippen molar-refractivity contribution in [3.05, 3.63) is 11.4 Å². The van der Waals surface area contributed by atoms with Gasteiger partial charge in [-0.05, 0) is 13.8 Å². The van der Waals surface area contributed by atoms with Crippen molar-refractivity contribution in [1.29, 1.82) is 0 Å². The van der Waals surface area contributed by atoms with Crippen LogP contribution in [0.1, 0.15) is 18.3 Å². The number of aromatic nitrogens is 2. The molecular weight excluding hydrogens is 244 g/mol. The number of carbonyl (C=O) groups excluding carboxylic acids is 1. The second kappa shape index (κ2) is 4.84. The third kappa shape index (κ3) is 2.47. The van der Waals surface area contributed by atoms with Crippen molar-refractivity contribution in [2.75, 3.05) is 13.1 Å². The van der Waals surface area contributed by atoms with E-state index in [9.17, 15) is 13.2 Å². The van der Waals surface area contributed by atoms with E-state index in [0.717, 1.165) is 4.31 Å². The first-order valence-electron chi connectivity index (χ1n) is 5.07. The average molecular weight is 260 g/mol. The molecule has 3 N–H and O–H groups in total. The summed E-state index contributed by atoms with van der Waals surface area (Å²) in [5, 5.41) is 6.39. The molecule has 1 amide bonds. The number of nitrogens with two attached hydrogens (primary N) is 1. The van der Waals surface area contributed by atoms with Crippen molar-refractivity contribution in [2.24, 2.45) is 5.73 Å². The van der Waals surface area contributed by atoms with Gasteiger partial charge in [0.25, 0.3) is 10.0 Å². The molecule has 1 rings (SSSR count). The summed E-state index contributed by atoms with van der Waals surface area (Å²) in [7, 11) is -3.87. The molecule has 0 radical (unpaired) electrons. The third-order valence-electron chi connectivity index (χ3n) is 2.29. The second-order valence-electron chi connectivity index (χ2n) is 3.65. The summed E-state index contributed by atoms with van der Waals surface area (Å²) in [6, 6.07) is 0.